The van der Waals surface area contributed by atoms with E-state index in [1.54, 1.807) is 29.7 Å². The number of nitrogens with zero attached hydrogens (tertiary/aromatic N) is 5. The molecule has 96 heavy (non-hydrogen) atoms. The molecule has 16 aromatic rings. The lowest BCUT2D eigenvalue weighted by atomic mass is 9.90. The first-order valence-corrected chi connectivity index (χ1v) is 31.2. The van der Waals surface area contributed by atoms with Crippen LogP contribution in [0.4, 0.5) is 39.5 Å². The fourth-order valence-corrected chi connectivity index (χ4v) is 14.5. The SMILES string of the molecule is Cc1ccc2c(c1)c1ccccc1n2-c1cc(-c2c(C)cccc2C(F)(F)F)c(C(F)(F)F)cc1-n1c2ccccc2c2cc(C)ccc21.Cc1ccc2c(c1)c1ccccc1n2-c1cc(C#N)c(-c2c(C)cccc2C(F)(F)F)cc1-n1c2ccccc2c2cc(C)ccc21. The standard InChI is InChI=1S/C41H28F6N2.C41H28F3N3/c1-23-15-17-35-28(19-23)26-10-4-6-13-33(26)48(35)37-21-30(39-25(3)9-8-12-31(39)40(42,43)44)32(41(45,46)47)22-38(37)49-34-14-7-5-11-27(34)29-20-24(2)16-18-36(29)49;1-24-15-17-36-31(19-24)28-10-4-6-13-34(28)46(36)38-21-27(23-45)30(40-26(3)9-8-12-33(40)41(42,43)44)22-39(38)47-35-14-7-5-11-29(35)32-20-25(2)16-18-37(32)47/h4-22H,1-3H3;4-22H,1-3H3. The zero-order valence-electron chi connectivity index (χ0n) is 52.6. The predicted molar refractivity (Wildman–Crippen MR) is 369 cm³/mol. The lowest BCUT2D eigenvalue weighted by molar-refractivity contribution is -0.139. The summed E-state index contributed by atoms with van der Waals surface area (Å²) < 4.78 is 141. The minimum absolute atomic E-state index is 0.0128. The average molecular weight is 1280 g/mol. The number of nitriles is 1. The van der Waals surface area contributed by atoms with Crippen molar-refractivity contribution in [2.75, 3.05) is 0 Å². The summed E-state index contributed by atoms with van der Waals surface area (Å²) in [5.41, 5.74) is 9.48. The zero-order chi connectivity index (χ0) is 67.0. The molecule has 0 bridgehead atoms. The van der Waals surface area contributed by atoms with Gasteiger partial charge in [0.2, 0.25) is 0 Å². The van der Waals surface area contributed by atoms with Gasteiger partial charge in [0.05, 0.1) is 95.2 Å². The molecule has 4 heterocycles. The first-order valence-electron chi connectivity index (χ1n) is 31.2. The summed E-state index contributed by atoms with van der Waals surface area (Å²) in [6.07, 6.45) is -14.5. The van der Waals surface area contributed by atoms with Gasteiger partial charge in [0.1, 0.15) is 0 Å². The van der Waals surface area contributed by atoms with E-state index >= 15 is 13.2 Å². The lowest BCUT2D eigenvalue weighted by Crippen LogP contribution is -2.15. The maximum Gasteiger partial charge on any atom is 0.417 e. The largest absolute Gasteiger partial charge is 0.417 e. The molecule has 472 valence electrons. The summed E-state index contributed by atoms with van der Waals surface area (Å²) in [6, 6.07) is 71.3. The van der Waals surface area contributed by atoms with Crippen molar-refractivity contribution in [3.8, 4) is 51.1 Å². The minimum atomic E-state index is -4.99. The second-order valence-electron chi connectivity index (χ2n) is 24.9. The predicted octanol–water partition coefficient (Wildman–Crippen LogP) is 23.9. The molecule has 0 unspecified atom stereocenters. The van der Waals surface area contributed by atoms with Gasteiger partial charge in [-0.15, -0.1) is 0 Å². The van der Waals surface area contributed by atoms with Gasteiger partial charge in [-0.25, -0.2) is 0 Å². The van der Waals surface area contributed by atoms with E-state index in [4.69, 9.17) is 0 Å². The van der Waals surface area contributed by atoms with Gasteiger partial charge in [0.15, 0.2) is 0 Å². The Hall–Kier alpha value is -11.3. The second-order valence-corrected chi connectivity index (χ2v) is 24.9. The molecule has 0 radical (unpaired) electrons. The minimum Gasteiger partial charge on any atom is -0.307 e. The summed E-state index contributed by atoms with van der Waals surface area (Å²) in [4.78, 5) is 0. The Morgan fingerprint density at radius 2 is 0.552 bits per heavy atom. The van der Waals surface area contributed by atoms with Crippen LogP contribution < -0.4 is 0 Å². The molecule has 0 atom stereocenters. The molecular weight excluding hydrogens is 1230 g/mol. The van der Waals surface area contributed by atoms with Crippen LogP contribution in [0.25, 0.3) is 132 Å². The summed E-state index contributed by atoms with van der Waals surface area (Å²) in [7, 11) is 0. The van der Waals surface area contributed by atoms with Crippen molar-refractivity contribution in [2.45, 2.75) is 60.1 Å². The summed E-state index contributed by atoms with van der Waals surface area (Å²) in [5, 5.41) is 18.2. The van der Waals surface area contributed by atoms with E-state index in [1.165, 1.54) is 31.2 Å². The monoisotopic (exact) mass is 1280 g/mol. The van der Waals surface area contributed by atoms with E-state index in [9.17, 15) is 31.6 Å². The van der Waals surface area contributed by atoms with E-state index in [1.807, 2.05) is 153 Å². The van der Waals surface area contributed by atoms with Crippen molar-refractivity contribution in [3.05, 3.63) is 286 Å². The number of fused-ring (bicyclic) bond motifs is 12. The van der Waals surface area contributed by atoms with E-state index in [2.05, 4.69) is 64.6 Å². The Morgan fingerprint density at radius 3 is 0.875 bits per heavy atom. The maximum absolute atomic E-state index is 15.3. The summed E-state index contributed by atoms with van der Waals surface area (Å²) in [6.45, 7) is 11.1. The molecule has 0 aliphatic heterocycles. The van der Waals surface area contributed by atoms with Crippen LogP contribution in [0.3, 0.4) is 0 Å². The van der Waals surface area contributed by atoms with Gasteiger partial charge in [0, 0.05) is 48.7 Å². The van der Waals surface area contributed by atoms with Gasteiger partial charge < -0.3 is 18.3 Å². The number of alkyl halides is 9. The highest BCUT2D eigenvalue weighted by atomic mass is 19.4. The van der Waals surface area contributed by atoms with Crippen LogP contribution in [0, 0.1) is 52.9 Å². The third-order valence-corrected chi connectivity index (χ3v) is 18.6. The molecule has 0 fully saturated rings. The first kappa shape index (κ1) is 60.9. The first-order chi connectivity index (χ1) is 46.0. The molecule has 0 aliphatic rings. The van der Waals surface area contributed by atoms with Gasteiger partial charge >= 0.3 is 18.5 Å². The van der Waals surface area contributed by atoms with E-state index < -0.39 is 46.3 Å². The zero-order valence-corrected chi connectivity index (χ0v) is 52.6. The smallest absolute Gasteiger partial charge is 0.307 e. The number of rotatable bonds is 6. The van der Waals surface area contributed by atoms with Crippen LogP contribution in [0.1, 0.15) is 55.6 Å². The molecule has 0 saturated carbocycles. The number of para-hydroxylation sites is 4. The average Bonchev–Trinajstić information content (AvgIpc) is 1.52. The van der Waals surface area contributed by atoms with Crippen LogP contribution in [0.2, 0.25) is 0 Å². The van der Waals surface area contributed by atoms with Gasteiger partial charge in [-0.3, -0.25) is 0 Å². The molecule has 5 nitrogen and oxygen atoms in total. The lowest BCUT2D eigenvalue weighted by Gasteiger charge is -2.24. The molecular formula is C82H56F9N5. The van der Waals surface area contributed by atoms with Crippen molar-refractivity contribution in [2.24, 2.45) is 0 Å². The Bertz CT molecular complexity index is 5960. The van der Waals surface area contributed by atoms with Crippen LogP contribution in [-0.4, -0.2) is 18.3 Å². The Kier molecular flexibility index (Phi) is 14.2. The molecule has 12 aromatic carbocycles. The van der Waals surface area contributed by atoms with Gasteiger partial charge in [-0.1, -0.05) is 144 Å². The normalized spacial score (nSPS) is 12.3. The number of hydrogen-bond acceptors (Lipinski definition) is 1. The Labute approximate surface area is 544 Å². The number of benzene rings is 12. The summed E-state index contributed by atoms with van der Waals surface area (Å²) >= 11 is 0. The molecule has 0 saturated heterocycles. The highest BCUT2D eigenvalue weighted by molar-refractivity contribution is 6.14. The van der Waals surface area contributed by atoms with Gasteiger partial charge in [-0.05, 0) is 179 Å². The fraction of sp³-hybridized carbons (Fsp3) is 0.110. The molecule has 14 heteroatoms. The van der Waals surface area contributed by atoms with Crippen LogP contribution >= 0.6 is 0 Å². The Balaban J connectivity index is 0.000000158. The Morgan fingerprint density at radius 1 is 0.271 bits per heavy atom. The molecule has 4 aromatic heterocycles. The maximum atomic E-state index is 15.3. The van der Waals surface area contributed by atoms with Crippen LogP contribution in [0.15, 0.2) is 231 Å². The van der Waals surface area contributed by atoms with Gasteiger partial charge in [-0.2, -0.15) is 44.8 Å². The third-order valence-electron chi connectivity index (χ3n) is 18.6. The van der Waals surface area contributed by atoms with E-state index in [0.717, 1.165) is 111 Å². The van der Waals surface area contributed by atoms with Gasteiger partial charge in [0.25, 0.3) is 0 Å². The van der Waals surface area contributed by atoms with Crippen LogP contribution in [-0.2, 0) is 18.5 Å². The highest BCUT2D eigenvalue weighted by Crippen LogP contribution is 2.50. The van der Waals surface area contributed by atoms with Crippen molar-refractivity contribution in [3.63, 3.8) is 0 Å². The number of halogens is 9. The van der Waals surface area contributed by atoms with Crippen LogP contribution in [0.5, 0.6) is 0 Å². The van der Waals surface area contributed by atoms with E-state index in [0.29, 0.717) is 39.2 Å². The van der Waals surface area contributed by atoms with Crippen molar-refractivity contribution < 1.29 is 39.5 Å². The molecule has 0 N–H and O–H groups in total. The number of aryl methyl sites for hydroxylation is 6. The molecule has 16 rings (SSSR count). The molecule has 0 spiro atoms. The topological polar surface area (TPSA) is 43.5 Å². The van der Waals surface area contributed by atoms with E-state index in [-0.39, 0.29) is 27.9 Å². The second kappa shape index (κ2) is 22.4. The third kappa shape index (κ3) is 9.85. The number of hydrogen-bond donors (Lipinski definition) is 0. The van der Waals surface area contributed by atoms with Crippen molar-refractivity contribution in [1.29, 1.82) is 5.26 Å². The quantitative estimate of drug-likeness (QED) is 0.153. The molecule has 0 aliphatic carbocycles. The summed E-state index contributed by atoms with van der Waals surface area (Å²) in [5.74, 6) is 0. The fourth-order valence-electron chi connectivity index (χ4n) is 14.5. The van der Waals surface area contributed by atoms with Crippen molar-refractivity contribution >= 4 is 87.2 Å². The molecule has 0 amide bonds. The highest BCUT2D eigenvalue weighted by Gasteiger charge is 2.41. The number of aromatic nitrogens is 4. The van der Waals surface area contributed by atoms with Crippen molar-refractivity contribution in [1.82, 2.24) is 18.3 Å².